The quantitative estimate of drug-likeness (QED) is 0.456. The number of nitrogens with one attached hydrogen (secondary N) is 1. The van der Waals surface area contributed by atoms with Gasteiger partial charge in [-0.05, 0) is 48.9 Å². The molecule has 0 fully saturated rings. The van der Waals surface area contributed by atoms with E-state index in [2.05, 4.69) is 23.9 Å². The zero-order valence-corrected chi connectivity index (χ0v) is 14.4. The van der Waals surface area contributed by atoms with Gasteiger partial charge in [-0.15, -0.1) is 0 Å². The van der Waals surface area contributed by atoms with Crippen molar-refractivity contribution in [2.24, 2.45) is 0 Å². The highest BCUT2D eigenvalue weighted by Crippen LogP contribution is 2.30. The van der Waals surface area contributed by atoms with E-state index in [1.165, 1.54) is 7.11 Å². The molecule has 0 bridgehead atoms. The Morgan fingerprint density at radius 3 is 2.09 bits per heavy atom. The number of ether oxygens (including phenoxy) is 1. The molecule has 0 aliphatic carbocycles. The van der Waals surface area contributed by atoms with E-state index < -0.39 is 12.0 Å². The fourth-order valence-electron chi connectivity index (χ4n) is 2.48. The molecule has 0 aliphatic rings. The van der Waals surface area contributed by atoms with Crippen molar-refractivity contribution in [3.8, 4) is 5.75 Å². The summed E-state index contributed by atoms with van der Waals surface area (Å²) in [5, 5.41) is 22.8. The molecule has 5 nitrogen and oxygen atoms in total. The molecular weight excluding hydrogens is 294 g/mol. The summed E-state index contributed by atoms with van der Waals surface area (Å²) in [6.07, 6.45) is 5.65. The van der Waals surface area contributed by atoms with Crippen molar-refractivity contribution >= 4 is 11.7 Å². The van der Waals surface area contributed by atoms with E-state index >= 15 is 0 Å². The van der Waals surface area contributed by atoms with Crippen LogP contribution in [0.5, 0.6) is 5.75 Å². The normalized spacial score (nSPS) is 12.0. The van der Waals surface area contributed by atoms with E-state index in [1.54, 1.807) is 0 Å². The molecule has 5 heteroatoms. The molecule has 0 amide bonds. The Morgan fingerprint density at radius 2 is 1.70 bits per heavy atom. The van der Waals surface area contributed by atoms with Gasteiger partial charge in [-0.1, -0.05) is 26.7 Å². The van der Waals surface area contributed by atoms with E-state index in [1.807, 2.05) is 12.1 Å². The number of esters is 1. The molecule has 0 spiro atoms. The fourth-order valence-corrected chi connectivity index (χ4v) is 2.48. The number of anilines is 1. The molecule has 1 aromatic carbocycles. The molecule has 1 unspecified atom stereocenters. The standard InChI is InChI=1S/C18H29NO4/c1-4-6-8-13-10-15(19-16(12-20)18(22)23-3)11-14(17(13)21)9-7-5-2/h10-11,16,19-21H,4-9,12H2,1-3H3. The average Bonchev–Trinajstić information content (AvgIpc) is 2.57. The van der Waals surface area contributed by atoms with Gasteiger partial charge in [0.2, 0.25) is 0 Å². The van der Waals surface area contributed by atoms with E-state index in [0.717, 1.165) is 55.3 Å². The summed E-state index contributed by atoms with van der Waals surface area (Å²) in [6, 6.07) is 2.90. The molecule has 1 atom stereocenters. The van der Waals surface area contributed by atoms with Crippen molar-refractivity contribution in [3.63, 3.8) is 0 Å². The fraction of sp³-hybridized carbons (Fsp3) is 0.611. The minimum Gasteiger partial charge on any atom is -0.507 e. The van der Waals surface area contributed by atoms with Gasteiger partial charge >= 0.3 is 5.97 Å². The lowest BCUT2D eigenvalue weighted by atomic mass is 9.99. The summed E-state index contributed by atoms with van der Waals surface area (Å²) in [4.78, 5) is 11.6. The van der Waals surface area contributed by atoms with Gasteiger partial charge in [0.15, 0.2) is 0 Å². The molecule has 0 heterocycles. The Kier molecular flexibility index (Phi) is 8.48. The van der Waals surface area contributed by atoms with E-state index in [0.29, 0.717) is 5.75 Å². The van der Waals surface area contributed by atoms with Gasteiger partial charge < -0.3 is 20.3 Å². The van der Waals surface area contributed by atoms with Gasteiger partial charge in [0.25, 0.3) is 0 Å². The average molecular weight is 323 g/mol. The van der Waals surface area contributed by atoms with Crippen LogP contribution in [0.3, 0.4) is 0 Å². The number of unbranched alkanes of at least 4 members (excludes halogenated alkanes) is 2. The number of aliphatic hydroxyl groups excluding tert-OH is 1. The van der Waals surface area contributed by atoms with Crippen molar-refractivity contribution < 1.29 is 19.7 Å². The third kappa shape index (κ3) is 5.75. The van der Waals surface area contributed by atoms with Crippen LogP contribution in [0.15, 0.2) is 12.1 Å². The molecule has 1 aromatic rings. The zero-order chi connectivity index (χ0) is 17.2. The van der Waals surface area contributed by atoms with Crippen LogP contribution in [0.1, 0.15) is 50.7 Å². The summed E-state index contributed by atoms with van der Waals surface area (Å²) in [7, 11) is 1.29. The van der Waals surface area contributed by atoms with Crippen molar-refractivity contribution in [2.45, 2.75) is 58.4 Å². The largest absolute Gasteiger partial charge is 0.507 e. The maximum Gasteiger partial charge on any atom is 0.330 e. The highest BCUT2D eigenvalue weighted by molar-refractivity contribution is 5.79. The van der Waals surface area contributed by atoms with Crippen molar-refractivity contribution in [2.75, 3.05) is 19.0 Å². The van der Waals surface area contributed by atoms with Crippen LogP contribution in [0.25, 0.3) is 0 Å². The first-order valence-corrected chi connectivity index (χ1v) is 8.37. The highest BCUT2D eigenvalue weighted by atomic mass is 16.5. The number of phenols is 1. The van der Waals surface area contributed by atoms with Crippen molar-refractivity contribution in [1.82, 2.24) is 0 Å². The summed E-state index contributed by atoms with van der Waals surface area (Å²) in [5.74, 6) is -0.151. The van der Waals surface area contributed by atoms with E-state index in [9.17, 15) is 15.0 Å². The zero-order valence-electron chi connectivity index (χ0n) is 14.4. The monoisotopic (exact) mass is 323 g/mol. The number of aliphatic hydroxyl groups is 1. The summed E-state index contributed by atoms with van der Waals surface area (Å²) in [5.41, 5.74) is 2.48. The number of rotatable bonds is 10. The van der Waals surface area contributed by atoms with Crippen molar-refractivity contribution in [1.29, 1.82) is 0 Å². The molecule has 1 rings (SSSR count). The number of methoxy groups -OCH3 is 1. The van der Waals surface area contributed by atoms with Gasteiger partial charge in [0.1, 0.15) is 11.8 Å². The predicted octanol–water partition coefficient (Wildman–Crippen LogP) is 3.02. The molecule has 130 valence electrons. The van der Waals surface area contributed by atoms with Gasteiger partial charge in [0, 0.05) is 5.69 Å². The lowest BCUT2D eigenvalue weighted by Gasteiger charge is -2.18. The molecule has 0 aliphatic heterocycles. The highest BCUT2D eigenvalue weighted by Gasteiger charge is 2.19. The van der Waals surface area contributed by atoms with Crippen LogP contribution in [-0.4, -0.2) is 35.9 Å². The number of aryl methyl sites for hydroxylation is 2. The molecule has 0 aromatic heterocycles. The Morgan fingerprint density at radius 1 is 1.17 bits per heavy atom. The second-order valence-electron chi connectivity index (χ2n) is 5.75. The third-order valence-corrected chi connectivity index (χ3v) is 3.88. The number of aromatic hydroxyl groups is 1. The first-order valence-electron chi connectivity index (χ1n) is 8.37. The number of hydrogen-bond donors (Lipinski definition) is 3. The predicted molar refractivity (Wildman–Crippen MR) is 91.8 cm³/mol. The molecule has 23 heavy (non-hydrogen) atoms. The number of benzene rings is 1. The third-order valence-electron chi connectivity index (χ3n) is 3.88. The molecule has 0 saturated carbocycles. The summed E-state index contributed by atoms with van der Waals surface area (Å²) in [6.45, 7) is 3.87. The molecule has 0 radical (unpaired) electrons. The Bertz CT molecular complexity index is 473. The number of hydrogen-bond acceptors (Lipinski definition) is 5. The Hall–Kier alpha value is -1.75. The van der Waals surface area contributed by atoms with Crippen LogP contribution in [-0.2, 0) is 22.4 Å². The maximum absolute atomic E-state index is 11.6. The first kappa shape index (κ1) is 19.3. The number of phenolic OH excluding ortho intramolecular Hbond substituents is 1. The van der Waals surface area contributed by atoms with Crippen LogP contribution >= 0.6 is 0 Å². The topological polar surface area (TPSA) is 78.8 Å². The van der Waals surface area contributed by atoms with Gasteiger partial charge in [-0.3, -0.25) is 0 Å². The molecular formula is C18H29NO4. The van der Waals surface area contributed by atoms with E-state index in [-0.39, 0.29) is 6.61 Å². The van der Waals surface area contributed by atoms with Crippen LogP contribution in [0.4, 0.5) is 5.69 Å². The number of carbonyl (C=O) groups is 1. The Labute approximate surface area is 138 Å². The van der Waals surface area contributed by atoms with Crippen molar-refractivity contribution in [3.05, 3.63) is 23.3 Å². The Balaban J connectivity index is 3.06. The van der Waals surface area contributed by atoms with Gasteiger partial charge in [0.05, 0.1) is 13.7 Å². The molecule has 0 saturated heterocycles. The van der Waals surface area contributed by atoms with Gasteiger partial charge in [-0.25, -0.2) is 4.79 Å². The number of carbonyl (C=O) groups excluding carboxylic acids is 1. The summed E-state index contributed by atoms with van der Waals surface area (Å²) >= 11 is 0. The second-order valence-corrected chi connectivity index (χ2v) is 5.75. The maximum atomic E-state index is 11.6. The van der Waals surface area contributed by atoms with Crippen LogP contribution in [0.2, 0.25) is 0 Å². The summed E-state index contributed by atoms with van der Waals surface area (Å²) < 4.78 is 4.68. The minimum atomic E-state index is -0.803. The van der Waals surface area contributed by atoms with Crippen LogP contribution < -0.4 is 5.32 Å². The van der Waals surface area contributed by atoms with Crippen LogP contribution in [0, 0.1) is 0 Å². The van der Waals surface area contributed by atoms with Gasteiger partial charge in [-0.2, -0.15) is 0 Å². The lowest BCUT2D eigenvalue weighted by molar-refractivity contribution is -0.142. The molecule has 3 N–H and O–H groups in total. The second kappa shape index (κ2) is 10.1. The first-order chi connectivity index (χ1) is 11.1. The lowest BCUT2D eigenvalue weighted by Crippen LogP contribution is -2.34. The SMILES string of the molecule is CCCCc1cc(NC(CO)C(=O)OC)cc(CCCC)c1O. The van der Waals surface area contributed by atoms with E-state index in [4.69, 9.17) is 0 Å². The smallest absolute Gasteiger partial charge is 0.330 e. The minimum absolute atomic E-state index is 0.345.